The highest BCUT2D eigenvalue weighted by Gasteiger charge is 2.42. The average molecular weight is 431 g/mol. The van der Waals surface area contributed by atoms with E-state index < -0.39 is 0 Å². The molecule has 2 amide bonds. The zero-order valence-electron chi connectivity index (χ0n) is 19.2. The van der Waals surface area contributed by atoms with E-state index >= 15 is 0 Å². The van der Waals surface area contributed by atoms with Gasteiger partial charge in [0.15, 0.2) is 0 Å². The van der Waals surface area contributed by atoms with E-state index in [1.54, 1.807) is 0 Å². The van der Waals surface area contributed by atoms with Gasteiger partial charge in [0.05, 0.1) is 16.9 Å². The Morgan fingerprint density at radius 3 is 2.59 bits per heavy atom. The van der Waals surface area contributed by atoms with E-state index in [2.05, 4.69) is 40.0 Å². The van der Waals surface area contributed by atoms with Crippen LogP contribution in [0.1, 0.15) is 55.0 Å². The van der Waals surface area contributed by atoms with Crippen LogP contribution < -0.4 is 10.2 Å². The number of benzene rings is 2. The van der Waals surface area contributed by atoms with Crippen LogP contribution in [0.3, 0.4) is 0 Å². The van der Waals surface area contributed by atoms with E-state index in [9.17, 15) is 9.59 Å². The molecule has 0 bridgehead atoms. The standard InChI is InChI=1S/C26H30N4O2/c1-26(2,3)27-22(31)14-16-29-21-12-8-5-9-17(21)18-13-15-30-24(23(18)29)28(4)20-11-7-6-10-19(20)25(30)32/h5-12,24H,13-16H2,1-4H3,(H,27,31). The number of aryl methyl sites for hydroxylation is 1. The predicted octanol–water partition coefficient (Wildman–Crippen LogP) is 4.09. The molecular weight excluding hydrogens is 400 g/mol. The van der Waals surface area contributed by atoms with E-state index in [1.807, 2.05) is 56.0 Å². The molecule has 1 aromatic heterocycles. The molecule has 0 radical (unpaired) electrons. The number of nitrogens with zero attached hydrogens (tertiary/aromatic N) is 3. The molecule has 1 N–H and O–H groups in total. The first-order chi connectivity index (χ1) is 15.3. The number of hydrogen-bond acceptors (Lipinski definition) is 3. The number of carbonyl (C=O) groups is 2. The highest BCUT2D eigenvalue weighted by atomic mass is 16.2. The average Bonchev–Trinajstić information content (AvgIpc) is 3.08. The van der Waals surface area contributed by atoms with E-state index in [1.165, 1.54) is 10.9 Å². The van der Waals surface area contributed by atoms with Gasteiger partial charge in [0.2, 0.25) is 5.91 Å². The lowest BCUT2D eigenvalue weighted by atomic mass is 9.96. The summed E-state index contributed by atoms with van der Waals surface area (Å²) in [5.74, 6) is 0.117. The van der Waals surface area contributed by atoms with Crippen molar-refractivity contribution in [2.24, 2.45) is 0 Å². The second kappa shape index (κ2) is 7.40. The molecule has 1 unspecified atom stereocenters. The third-order valence-corrected chi connectivity index (χ3v) is 6.48. The molecule has 6 nitrogen and oxygen atoms in total. The number of hydrogen-bond donors (Lipinski definition) is 1. The van der Waals surface area contributed by atoms with E-state index in [4.69, 9.17) is 0 Å². The highest BCUT2D eigenvalue weighted by Crippen LogP contribution is 2.44. The van der Waals surface area contributed by atoms with Gasteiger partial charge in [-0.25, -0.2) is 0 Å². The number of rotatable bonds is 3. The molecule has 5 rings (SSSR count). The largest absolute Gasteiger partial charge is 0.351 e. The van der Waals surface area contributed by atoms with Crippen LogP contribution in [0.4, 0.5) is 5.69 Å². The minimum Gasteiger partial charge on any atom is -0.351 e. The smallest absolute Gasteiger partial charge is 0.257 e. The fourth-order valence-electron chi connectivity index (χ4n) is 5.24. The van der Waals surface area contributed by atoms with Gasteiger partial charge < -0.3 is 19.7 Å². The van der Waals surface area contributed by atoms with Gasteiger partial charge >= 0.3 is 0 Å². The highest BCUT2D eigenvalue weighted by molar-refractivity contribution is 6.02. The molecule has 0 saturated carbocycles. The minimum atomic E-state index is -0.258. The number of para-hydroxylation sites is 2. The van der Waals surface area contributed by atoms with Crippen LogP contribution in [0.5, 0.6) is 0 Å². The molecule has 2 aromatic carbocycles. The third kappa shape index (κ3) is 3.25. The van der Waals surface area contributed by atoms with Crippen molar-refractivity contribution in [2.75, 3.05) is 18.5 Å². The van der Waals surface area contributed by atoms with Crippen LogP contribution in [0.15, 0.2) is 48.5 Å². The first kappa shape index (κ1) is 20.6. The van der Waals surface area contributed by atoms with Crippen molar-refractivity contribution in [1.82, 2.24) is 14.8 Å². The van der Waals surface area contributed by atoms with Gasteiger partial charge in [0, 0.05) is 43.0 Å². The third-order valence-electron chi connectivity index (χ3n) is 6.48. The molecule has 166 valence electrons. The first-order valence-corrected chi connectivity index (χ1v) is 11.3. The van der Waals surface area contributed by atoms with Crippen LogP contribution in [0, 0.1) is 0 Å². The Hall–Kier alpha value is -3.28. The molecule has 3 aromatic rings. The summed E-state index contributed by atoms with van der Waals surface area (Å²) in [4.78, 5) is 30.2. The number of fused-ring (bicyclic) bond motifs is 6. The molecule has 2 aliphatic heterocycles. The molecule has 3 heterocycles. The summed E-state index contributed by atoms with van der Waals surface area (Å²) < 4.78 is 2.27. The van der Waals surface area contributed by atoms with Crippen molar-refractivity contribution >= 4 is 28.4 Å². The van der Waals surface area contributed by atoms with Crippen LogP contribution >= 0.6 is 0 Å². The maximum absolute atomic E-state index is 13.4. The Morgan fingerprint density at radius 2 is 1.81 bits per heavy atom. The van der Waals surface area contributed by atoms with Gasteiger partial charge in [-0.1, -0.05) is 30.3 Å². The molecule has 32 heavy (non-hydrogen) atoms. The zero-order valence-corrected chi connectivity index (χ0v) is 19.2. The van der Waals surface area contributed by atoms with Gasteiger partial charge in [0.1, 0.15) is 6.17 Å². The summed E-state index contributed by atoms with van der Waals surface area (Å²) in [6, 6.07) is 16.2. The summed E-state index contributed by atoms with van der Waals surface area (Å²) in [6.45, 7) is 7.25. The molecule has 0 spiro atoms. The predicted molar refractivity (Wildman–Crippen MR) is 127 cm³/mol. The quantitative estimate of drug-likeness (QED) is 0.681. The van der Waals surface area contributed by atoms with Crippen molar-refractivity contribution < 1.29 is 9.59 Å². The molecule has 1 atom stereocenters. The number of amides is 2. The Bertz CT molecular complexity index is 1220. The normalized spacial score (nSPS) is 17.8. The van der Waals surface area contributed by atoms with Crippen molar-refractivity contribution in [2.45, 2.75) is 51.9 Å². The van der Waals surface area contributed by atoms with Gasteiger partial charge in [-0.05, 0) is 51.0 Å². The fourth-order valence-corrected chi connectivity index (χ4v) is 5.24. The van der Waals surface area contributed by atoms with Crippen molar-refractivity contribution in [1.29, 1.82) is 0 Å². The maximum atomic E-state index is 13.4. The van der Waals surface area contributed by atoms with Crippen molar-refractivity contribution in [3.63, 3.8) is 0 Å². The SMILES string of the molecule is CN1c2ccccc2C(=O)N2CCc3c(n(CCC(=O)NC(C)(C)C)c4ccccc34)C21. The van der Waals surface area contributed by atoms with Crippen LogP contribution in [0.2, 0.25) is 0 Å². The molecule has 0 fully saturated rings. The Labute approximate surface area is 188 Å². The van der Waals surface area contributed by atoms with Crippen LogP contribution in [0.25, 0.3) is 10.9 Å². The van der Waals surface area contributed by atoms with Gasteiger partial charge in [-0.15, -0.1) is 0 Å². The topological polar surface area (TPSA) is 57.6 Å². The number of anilines is 1. The van der Waals surface area contributed by atoms with Crippen molar-refractivity contribution in [3.8, 4) is 0 Å². The lowest BCUT2D eigenvalue weighted by Crippen LogP contribution is -2.51. The molecular formula is C26H30N4O2. The van der Waals surface area contributed by atoms with E-state index in [0.29, 0.717) is 19.5 Å². The Kier molecular flexibility index (Phi) is 4.77. The van der Waals surface area contributed by atoms with Gasteiger partial charge in [-0.3, -0.25) is 9.59 Å². The summed E-state index contributed by atoms with van der Waals surface area (Å²) in [5.41, 5.74) is 4.99. The Balaban J connectivity index is 1.61. The monoisotopic (exact) mass is 430 g/mol. The fraction of sp³-hybridized carbons (Fsp3) is 0.385. The Morgan fingerprint density at radius 1 is 1.09 bits per heavy atom. The zero-order chi connectivity index (χ0) is 22.6. The van der Waals surface area contributed by atoms with E-state index in [-0.39, 0.29) is 23.5 Å². The minimum absolute atomic E-state index is 0.0371. The second-order valence-electron chi connectivity index (χ2n) is 9.83. The number of aromatic nitrogens is 1. The second-order valence-corrected chi connectivity index (χ2v) is 9.83. The molecule has 0 aliphatic carbocycles. The van der Waals surface area contributed by atoms with Gasteiger partial charge in [-0.2, -0.15) is 0 Å². The lowest BCUT2D eigenvalue weighted by molar-refractivity contribution is -0.122. The first-order valence-electron chi connectivity index (χ1n) is 11.3. The molecule has 0 saturated heterocycles. The van der Waals surface area contributed by atoms with Crippen LogP contribution in [-0.4, -0.2) is 40.4 Å². The molecule has 2 aliphatic rings. The number of nitrogens with one attached hydrogen (secondary N) is 1. The number of carbonyl (C=O) groups excluding carboxylic acids is 2. The lowest BCUT2D eigenvalue weighted by Gasteiger charge is -2.46. The van der Waals surface area contributed by atoms with Crippen molar-refractivity contribution in [3.05, 3.63) is 65.4 Å². The van der Waals surface area contributed by atoms with E-state index in [0.717, 1.165) is 28.9 Å². The summed E-state index contributed by atoms with van der Waals surface area (Å²) in [6.07, 6.45) is 1.03. The van der Waals surface area contributed by atoms with Gasteiger partial charge in [0.25, 0.3) is 5.91 Å². The summed E-state index contributed by atoms with van der Waals surface area (Å²) in [5, 5.41) is 4.29. The van der Waals surface area contributed by atoms with Crippen LogP contribution in [-0.2, 0) is 17.8 Å². The summed E-state index contributed by atoms with van der Waals surface area (Å²) >= 11 is 0. The maximum Gasteiger partial charge on any atom is 0.257 e. The summed E-state index contributed by atoms with van der Waals surface area (Å²) in [7, 11) is 2.06. The molecule has 6 heteroatoms.